The highest BCUT2D eigenvalue weighted by molar-refractivity contribution is 5.95. The van der Waals surface area contributed by atoms with E-state index < -0.39 is 23.6 Å². The number of hydrogen-bond acceptors (Lipinski definition) is 3. The van der Waals surface area contributed by atoms with Crippen molar-refractivity contribution in [3.05, 3.63) is 29.6 Å². The third kappa shape index (κ3) is 2.74. The van der Waals surface area contributed by atoms with Crippen LogP contribution in [0.1, 0.15) is 23.2 Å². The summed E-state index contributed by atoms with van der Waals surface area (Å²) >= 11 is 0. The molecule has 20 heavy (non-hydrogen) atoms. The molecule has 0 saturated carbocycles. The van der Waals surface area contributed by atoms with Gasteiger partial charge in [0.2, 0.25) is 0 Å². The normalized spacial score (nSPS) is 18.7. The summed E-state index contributed by atoms with van der Waals surface area (Å²) in [6.07, 6.45) is 1.15. The van der Waals surface area contributed by atoms with E-state index in [0.29, 0.717) is 19.4 Å². The molecule has 0 aliphatic carbocycles. The van der Waals surface area contributed by atoms with E-state index in [0.717, 1.165) is 0 Å². The van der Waals surface area contributed by atoms with Crippen molar-refractivity contribution in [3.8, 4) is 5.75 Å². The van der Waals surface area contributed by atoms with Gasteiger partial charge >= 0.3 is 5.97 Å². The fraction of sp³-hybridized carbons (Fsp3) is 0.429. The summed E-state index contributed by atoms with van der Waals surface area (Å²) in [5.74, 6) is -2.71. The lowest BCUT2D eigenvalue weighted by molar-refractivity contribution is -0.143. The van der Waals surface area contributed by atoms with Crippen LogP contribution in [-0.4, -0.2) is 42.1 Å². The summed E-state index contributed by atoms with van der Waals surface area (Å²) in [5.41, 5.74) is -0.0876. The van der Waals surface area contributed by atoms with Gasteiger partial charge in [0.05, 0.1) is 18.6 Å². The Morgan fingerprint density at radius 1 is 1.45 bits per heavy atom. The average molecular weight is 281 g/mol. The monoisotopic (exact) mass is 281 g/mol. The number of nitrogens with zero attached hydrogens (tertiary/aromatic N) is 1. The van der Waals surface area contributed by atoms with Crippen molar-refractivity contribution in [2.24, 2.45) is 5.92 Å². The van der Waals surface area contributed by atoms with E-state index in [2.05, 4.69) is 0 Å². The molecule has 1 atom stereocenters. The molecular formula is C14H16FNO4. The molecule has 5 nitrogen and oxygen atoms in total. The minimum absolute atomic E-state index is 0.00245. The van der Waals surface area contributed by atoms with Crippen LogP contribution in [0.4, 0.5) is 4.39 Å². The van der Waals surface area contributed by atoms with Crippen molar-refractivity contribution in [2.75, 3.05) is 20.2 Å². The van der Waals surface area contributed by atoms with Gasteiger partial charge in [0, 0.05) is 13.1 Å². The number of methoxy groups -OCH3 is 1. The Kier molecular flexibility index (Phi) is 4.22. The lowest BCUT2D eigenvalue weighted by atomic mass is 9.97. The molecule has 1 aromatic rings. The number of benzene rings is 1. The van der Waals surface area contributed by atoms with Gasteiger partial charge in [0.15, 0.2) is 11.6 Å². The molecule has 0 radical (unpaired) electrons. The van der Waals surface area contributed by atoms with Crippen LogP contribution in [0.2, 0.25) is 0 Å². The molecule has 6 heteroatoms. The van der Waals surface area contributed by atoms with Gasteiger partial charge in [-0.15, -0.1) is 0 Å². The summed E-state index contributed by atoms with van der Waals surface area (Å²) in [5, 5.41) is 9.01. The van der Waals surface area contributed by atoms with E-state index >= 15 is 0 Å². The van der Waals surface area contributed by atoms with Crippen LogP contribution >= 0.6 is 0 Å². The fourth-order valence-corrected chi connectivity index (χ4v) is 2.37. The number of carboxylic acids is 1. The molecule has 1 N–H and O–H groups in total. The predicted octanol–water partition coefficient (Wildman–Crippen LogP) is 1.77. The van der Waals surface area contributed by atoms with Gasteiger partial charge in [-0.1, -0.05) is 6.07 Å². The number of rotatable bonds is 3. The van der Waals surface area contributed by atoms with E-state index in [-0.39, 0.29) is 17.9 Å². The molecule has 2 rings (SSSR count). The predicted molar refractivity (Wildman–Crippen MR) is 69.2 cm³/mol. The van der Waals surface area contributed by atoms with Crippen LogP contribution in [0.3, 0.4) is 0 Å². The van der Waals surface area contributed by atoms with Crippen LogP contribution in [0.5, 0.6) is 5.75 Å². The van der Waals surface area contributed by atoms with Crippen molar-refractivity contribution < 1.29 is 23.8 Å². The maximum absolute atomic E-state index is 14.0. The van der Waals surface area contributed by atoms with Crippen molar-refractivity contribution in [2.45, 2.75) is 12.8 Å². The van der Waals surface area contributed by atoms with Gasteiger partial charge in [-0.3, -0.25) is 9.59 Å². The van der Waals surface area contributed by atoms with Gasteiger partial charge in [-0.05, 0) is 25.0 Å². The van der Waals surface area contributed by atoms with E-state index in [1.807, 2.05) is 0 Å². The maximum atomic E-state index is 14.0. The average Bonchev–Trinajstić information content (AvgIpc) is 2.47. The standard InChI is InChI=1S/C14H16FNO4/c1-20-11-6-2-5-10(12(11)15)13(17)16-7-3-4-9(8-16)14(18)19/h2,5-6,9H,3-4,7-8H2,1H3,(H,18,19). The van der Waals surface area contributed by atoms with Crippen molar-refractivity contribution >= 4 is 11.9 Å². The number of carbonyl (C=O) groups excluding carboxylic acids is 1. The zero-order valence-electron chi connectivity index (χ0n) is 11.1. The number of carboxylic acid groups (broad SMARTS) is 1. The number of likely N-dealkylation sites (tertiary alicyclic amines) is 1. The number of ether oxygens (including phenoxy) is 1. The number of halogens is 1. The zero-order chi connectivity index (χ0) is 14.7. The summed E-state index contributed by atoms with van der Waals surface area (Å²) in [6, 6.07) is 4.35. The van der Waals surface area contributed by atoms with Crippen LogP contribution in [-0.2, 0) is 4.79 Å². The Hall–Kier alpha value is -2.11. The lowest BCUT2D eigenvalue weighted by Crippen LogP contribution is -2.42. The molecule has 1 fully saturated rings. The van der Waals surface area contributed by atoms with Gasteiger partial charge in [0.25, 0.3) is 5.91 Å². The van der Waals surface area contributed by atoms with Crippen LogP contribution in [0.25, 0.3) is 0 Å². The third-order valence-electron chi connectivity index (χ3n) is 3.47. The molecular weight excluding hydrogens is 265 g/mol. The largest absolute Gasteiger partial charge is 0.494 e. The Labute approximate surface area is 116 Å². The van der Waals surface area contributed by atoms with Crippen molar-refractivity contribution in [1.29, 1.82) is 0 Å². The number of amides is 1. The summed E-state index contributed by atoms with van der Waals surface area (Å²) in [6.45, 7) is 0.560. The number of carbonyl (C=O) groups is 2. The second kappa shape index (κ2) is 5.90. The first-order valence-corrected chi connectivity index (χ1v) is 6.39. The molecule has 1 aliphatic rings. The lowest BCUT2D eigenvalue weighted by Gasteiger charge is -2.30. The number of hydrogen-bond donors (Lipinski definition) is 1. The Balaban J connectivity index is 2.21. The Bertz CT molecular complexity index is 532. The molecule has 0 aromatic heterocycles. The second-order valence-electron chi connectivity index (χ2n) is 4.75. The molecule has 1 saturated heterocycles. The Morgan fingerprint density at radius 3 is 2.85 bits per heavy atom. The number of aliphatic carboxylic acids is 1. The minimum Gasteiger partial charge on any atom is -0.494 e. The molecule has 1 aliphatic heterocycles. The highest BCUT2D eigenvalue weighted by atomic mass is 19.1. The summed E-state index contributed by atoms with van der Waals surface area (Å²) in [7, 11) is 1.33. The van der Waals surface area contributed by atoms with Gasteiger partial charge in [-0.2, -0.15) is 0 Å². The fourth-order valence-electron chi connectivity index (χ4n) is 2.37. The quantitative estimate of drug-likeness (QED) is 0.917. The van der Waals surface area contributed by atoms with Gasteiger partial charge in [-0.25, -0.2) is 4.39 Å². The summed E-state index contributed by atoms with van der Waals surface area (Å²) in [4.78, 5) is 24.7. The molecule has 108 valence electrons. The first kappa shape index (κ1) is 14.3. The molecule has 1 amide bonds. The highest BCUT2D eigenvalue weighted by Gasteiger charge is 2.30. The van der Waals surface area contributed by atoms with Crippen molar-refractivity contribution in [3.63, 3.8) is 0 Å². The smallest absolute Gasteiger partial charge is 0.308 e. The van der Waals surface area contributed by atoms with Crippen LogP contribution in [0, 0.1) is 11.7 Å². The highest BCUT2D eigenvalue weighted by Crippen LogP contribution is 2.24. The summed E-state index contributed by atoms with van der Waals surface area (Å²) < 4.78 is 18.9. The van der Waals surface area contributed by atoms with E-state index in [1.165, 1.54) is 30.2 Å². The molecule has 0 bridgehead atoms. The first-order chi connectivity index (χ1) is 9.54. The molecule has 0 spiro atoms. The topological polar surface area (TPSA) is 66.8 Å². The zero-order valence-corrected chi connectivity index (χ0v) is 11.1. The molecule has 1 heterocycles. The van der Waals surface area contributed by atoms with Crippen molar-refractivity contribution in [1.82, 2.24) is 4.90 Å². The van der Waals surface area contributed by atoms with Gasteiger partial charge in [0.1, 0.15) is 0 Å². The van der Waals surface area contributed by atoms with E-state index in [9.17, 15) is 14.0 Å². The first-order valence-electron chi connectivity index (χ1n) is 6.39. The molecule has 1 aromatic carbocycles. The molecule has 1 unspecified atom stereocenters. The van der Waals surface area contributed by atoms with Gasteiger partial charge < -0.3 is 14.7 Å². The van der Waals surface area contributed by atoms with E-state index in [4.69, 9.17) is 9.84 Å². The second-order valence-corrected chi connectivity index (χ2v) is 4.75. The third-order valence-corrected chi connectivity index (χ3v) is 3.47. The SMILES string of the molecule is COc1cccc(C(=O)N2CCCC(C(=O)O)C2)c1F. The Morgan fingerprint density at radius 2 is 2.20 bits per heavy atom. The number of piperidine rings is 1. The minimum atomic E-state index is -0.923. The maximum Gasteiger partial charge on any atom is 0.308 e. The van der Waals surface area contributed by atoms with Crippen LogP contribution in [0.15, 0.2) is 18.2 Å². The van der Waals surface area contributed by atoms with Crippen LogP contribution < -0.4 is 4.74 Å². The van der Waals surface area contributed by atoms with E-state index in [1.54, 1.807) is 0 Å².